The molecule has 1 fully saturated rings. The molecule has 0 heteroatoms. The van der Waals surface area contributed by atoms with Crippen LogP contribution >= 0.6 is 0 Å². The van der Waals surface area contributed by atoms with Crippen LogP contribution < -0.4 is 0 Å². The van der Waals surface area contributed by atoms with Gasteiger partial charge in [-0.25, -0.2) is 0 Å². The summed E-state index contributed by atoms with van der Waals surface area (Å²) in [5.41, 5.74) is 0. The van der Waals surface area contributed by atoms with Crippen molar-refractivity contribution in [3.8, 4) is 0 Å². The van der Waals surface area contributed by atoms with Gasteiger partial charge in [0.05, 0.1) is 0 Å². The third kappa shape index (κ3) is 2.80. The Balaban J connectivity index is 2.20. The van der Waals surface area contributed by atoms with Crippen molar-refractivity contribution in [2.45, 2.75) is 52.4 Å². The van der Waals surface area contributed by atoms with Crippen LogP contribution in [0, 0.1) is 24.7 Å². The van der Waals surface area contributed by atoms with E-state index in [-0.39, 0.29) is 0 Å². The van der Waals surface area contributed by atoms with Crippen LogP contribution in [0.15, 0.2) is 0 Å². The van der Waals surface area contributed by atoms with E-state index < -0.39 is 0 Å². The average molecular weight is 167 g/mol. The van der Waals surface area contributed by atoms with Crippen LogP contribution in [0.1, 0.15) is 52.4 Å². The van der Waals surface area contributed by atoms with Gasteiger partial charge in [-0.2, -0.15) is 0 Å². The summed E-state index contributed by atoms with van der Waals surface area (Å²) in [4.78, 5) is 0. The summed E-state index contributed by atoms with van der Waals surface area (Å²) in [7, 11) is 0. The first-order chi connectivity index (χ1) is 5.74. The molecule has 0 aromatic carbocycles. The van der Waals surface area contributed by atoms with Crippen molar-refractivity contribution in [2.24, 2.45) is 17.8 Å². The van der Waals surface area contributed by atoms with E-state index in [9.17, 15) is 0 Å². The van der Waals surface area contributed by atoms with Gasteiger partial charge in [0.1, 0.15) is 0 Å². The van der Waals surface area contributed by atoms with Gasteiger partial charge in [-0.05, 0) is 30.6 Å². The highest BCUT2D eigenvalue weighted by molar-refractivity contribution is 4.74. The molecule has 0 nitrogen and oxygen atoms in total. The number of rotatable bonds is 3. The molecule has 0 spiro atoms. The van der Waals surface area contributed by atoms with Crippen molar-refractivity contribution < 1.29 is 0 Å². The molecule has 1 radical (unpaired) electrons. The van der Waals surface area contributed by atoms with Crippen molar-refractivity contribution in [2.75, 3.05) is 0 Å². The van der Waals surface area contributed by atoms with Crippen LogP contribution in [0.25, 0.3) is 0 Å². The van der Waals surface area contributed by atoms with E-state index in [2.05, 4.69) is 20.8 Å². The van der Waals surface area contributed by atoms with Gasteiger partial charge in [-0.15, -0.1) is 0 Å². The zero-order valence-corrected chi connectivity index (χ0v) is 8.68. The van der Waals surface area contributed by atoms with Crippen LogP contribution in [-0.2, 0) is 0 Å². The molecule has 0 aliphatic heterocycles. The molecule has 0 aromatic rings. The molecule has 0 heterocycles. The lowest BCUT2D eigenvalue weighted by atomic mass is 9.76. The lowest BCUT2D eigenvalue weighted by molar-refractivity contribution is 0.217. The molecular weight excluding hydrogens is 144 g/mol. The molecule has 0 bridgehead atoms. The Morgan fingerprint density at radius 2 is 1.75 bits per heavy atom. The van der Waals surface area contributed by atoms with Crippen molar-refractivity contribution >= 4 is 0 Å². The number of hydrogen-bond acceptors (Lipinski definition) is 0. The van der Waals surface area contributed by atoms with E-state index in [4.69, 9.17) is 0 Å². The zero-order chi connectivity index (χ0) is 8.97. The summed E-state index contributed by atoms with van der Waals surface area (Å²) in [6.07, 6.45) is 8.39. The van der Waals surface area contributed by atoms with Crippen LogP contribution in [0.4, 0.5) is 0 Å². The SMILES string of the molecule is [CH2]CCC1CCC(C(C)C)CC1. The second kappa shape index (κ2) is 4.89. The monoisotopic (exact) mass is 167 g/mol. The zero-order valence-electron chi connectivity index (χ0n) is 8.68. The molecule has 1 aliphatic rings. The highest BCUT2D eigenvalue weighted by atomic mass is 14.3. The minimum atomic E-state index is 0.908. The van der Waals surface area contributed by atoms with Crippen molar-refractivity contribution in [3.63, 3.8) is 0 Å². The van der Waals surface area contributed by atoms with Crippen molar-refractivity contribution in [1.82, 2.24) is 0 Å². The molecule has 0 atom stereocenters. The van der Waals surface area contributed by atoms with Crippen molar-refractivity contribution in [3.05, 3.63) is 6.92 Å². The van der Waals surface area contributed by atoms with Crippen LogP contribution in [0.5, 0.6) is 0 Å². The van der Waals surface area contributed by atoms with E-state index in [1.54, 1.807) is 0 Å². The normalized spacial score (nSPS) is 31.0. The molecule has 0 unspecified atom stereocenters. The molecule has 1 saturated carbocycles. The molecular formula is C12H23. The van der Waals surface area contributed by atoms with Gasteiger partial charge in [0.25, 0.3) is 0 Å². The number of hydrogen-bond donors (Lipinski definition) is 0. The largest absolute Gasteiger partial charge is 0.0625 e. The van der Waals surface area contributed by atoms with E-state index in [0.717, 1.165) is 24.2 Å². The van der Waals surface area contributed by atoms with Crippen LogP contribution in [-0.4, -0.2) is 0 Å². The molecule has 71 valence electrons. The van der Waals surface area contributed by atoms with Gasteiger partial charge in [-0.3, -0.25) is 0 Å². The summed E-state index contributed by atoms with van der Waals surface area (Å²) in [5.74, 6) is 2.94. The van der Waals surface area contributed by atoms with Gasteiger partial charge in [0.15, 0.2) is 0 Å². The van der Waals surface area contributed by atoms with Gasteiger partial charge in [0, 0.05) is 0 Å². The Bertz CT molecular complexity index is 107. The quantitative estimate of drug-likeness (QED) is 0.594. The first-order valence-electron chi connectivity index (χ1n) is 5.53. The van der Waals surface area contributed by atoms with Crippen LogP contribution in [0.3, 0.4) is 0 Å². The standard InChI is InChI=1S/C12H23/c1-4-5-11-6-8-12(9-7-11)10(2)3/h10-12H,1,4-9H2,2-3H3. The average Bonchev–Trinajstić information content (AvgIpc) is 2.06. The highest BCUT2D eigenvalue weighted by Crippen LogP contribution is 2.34. The minimum Gasteiger partial charge on any atom is -0.0625 e. The van der Waals surface area contributed by atoms with Gasteiger partial charge in [0.2, 0.25) is 0 Å². The molecule has 0 amide bonds. The predicted octanol–water partition coefficient (Wildman–Crippen LogP) is 4.06. The lowest BCUT2D eigenvalue weighted by Gasteiger charge is -2.30. The second-order valence-corrected chi connectivity index (χ2v) is 4.67. The first kappa shape index (κ1) is 10.1. The minimum absolute atomic E-state index is 0.908. The summed E-state index contributed by atoms with van der Waals surface area (Å²) in [6, 6.07) is 0. The fraction of sp³-hybridized carbons (Fsp3) is 0.917. The van der Waals surface area contributed by atoms with E-state index >= 15 is 0 Å². The van der Waals surface area contributed by atoms with E-state index in [0.29, 0.717) is 0 Å². The van der Waals surface area contributed by atoms with Gasteiger partial charge in [-0.1, -0.05) is 46.5 Å². The van der Waals surface area contributed by atoms with E-state index in [1.807, 2.05) is 0 Å². The fourth-order valence-corrected chi connectivity index (χ4v) is 2.43. The third-order valence-electron chi connectivity index (χ3n) is 3.45. The summed E-state index contributed by atoms with van der Waals surface area (Å²) < 4.78 is 0. The lowest BCUT2D eigenvalue weighted by Crippen LogP contribution is -2.18. The fourth-order valence-electron chi connectivity index (χ4n) is 2.43. The molecule has 0 N–H and O–H groups in total. The Kier molecular flexibility index (Phi) is 4.11. The van der Waals surface area contributed by atoms with Crippen molar-refractivity contribution in [1.29, 1.82) is 0 Å². The summed E-state index contributed by atoms with van der Waals surface area (Å²) in [6.45, 7) is 8.67. The maximum absolute atomic E-state index is 3.93. The van der Waals surface area contributed by atoms with Gasteiger partial charge < -0.3 is 0 Å². The molecule has 0 aromatic heterocycles. The Morgan fingerprint density at radius 1 is 1.17 bits per heavy atom. The Morgan fingerprint density at radius 3 is 2.17 bits per heavy atom. The maximum atomic E-state index is 3.93. The molecule has 1 aliphatic carbocycles. The Labute approximate surface area is 77.7 Å². The summed E-state index contributed by atoms with van der Waals surface area (Å²) in [5, 5.41) is 0. The smallest absolute Gasteiger partial charge is 0.0391 e. The Hall–Kier alpha value is 0. The van der Waals surface area contributed by atoms with E-state index in [1.165, 1.54) is 32.1 Å². The topological polar surface area (TPSA) is 0 Å². The summed E-state index contributed by atoms with van der Waals surface area (Å²) >= 11 is 0. The molecule has 12 heavy (non-hydrogen) atoms. The van der Waals surface area contributed by atoms with Crippen LogP contribution in [0.2, 0.25) is 0 Å². The predicted molar refractivity (Wildman–Crippen MR) is 54.9 cm³/mol. The van der Waals surface area contributed by atoms with Gasteiger partial charge >= 0.3 is 0 Å². The molecule has 0 saturated heterocycles. The third-order valence-corrected chi connectivity index (χ3v) is 3.45. The molecule has 1 rings (SSSR count). The first-order valence-corrected chi connectivity index (χ1v) is 5.53. The maximum Gasteiger partial charge on any atom is -0.0391 e. The second-order valence-electron chi connectivity index (χ2n) is 4.67. The highest BCUT2D eigenvalue weighted by Gasteiger charge is 2.22.